The van der Waals surface area contributed by atoms with Crippen molar-refractivity contribution < 1.29 is 4.79 Å². The highest BCUT2D eigenvalue weighted by molar-refractivity contribution is 6.04. The molecule has 160 valence electrons. The molecular weight excluding hydrogens is 398 g/mol. The lowest BCUT2D eigenvalue weighted by Gasteiger charge is -2.27. The average molecular weight is 424 g/mol. The van der Waals surface area contributed by atoms with Crippen molar-refractivity contribution in [2.45, 2.75) is 44.4 Å². The highest BCUT2D eigenvalue weighted by Crippen LogP contribution is 2.39. The van der Waals surface area contributed by atoms with Crippen LogP contribution in [-0.2, 0) is 0 Å². The SMILES string of the molecule is O=C1CCNc2c1c(C1CCCCC1)nc1c(-c3ccc(-c4ccccc4)nc3)cnn21. The number of pyridine rings is 1. The van der Waals surface area contributed by atoms with Crippen LogP contribution in [-0.4, -0.2) is 31.9 Å². The molecule has 0 bridgehead atoms. The van der Waals surface area contributed by atoms with Crippen LogP contribution in [0.15, 0.2) is 54.9 Å². The van der Waals surface area contributed by atoms with E-state index in [2.05, 4.69) is 33.6 Å². The topological polar surface area (TPSA) is 72.2 Å². The first-order valence-electron chi connectivity index (χ1n) is 11.5. The van der Waals surface area contributed by atoms with Crippen LogP contribution < -0.4 is 5.32 Å². The summed E-state index contributed by atoms with van der Waals surface area (Å²) in [5, 5.41) is 8.06. The summed E-state index contributed by atoms with van der Waals surface area (Å²) in [6.07, 6.45) is 10.1. The number of nitrogens with one attached hydrogen (secondary N) is 1. The number of ketones is 1. The Kier molecular flexibility index (Phi) is 4.71. The molecule has 0 saturated heterocycles. The number of fused-ring (bicyclic) bond motifs is 3. The molecule has 0 unspecified atom stereocenters. The fourth-order valence-corrected chi connectivity index (χ4v) is 5.08. The van der Waals surface area contributed by atoms with Gasteiger partial charge in [0, 0.05) is 41.8 Å². The van der Waals surface area contributed by atoms with E-state index in [0.29, 0.717) is 18.9 Å². The van der Waals surface area contributed by atoms with Crippen molar-refractivity contribution in [3.63, 3.8) is 0 Å². The maximum Gasteiger partial charge on any atom is 0.170 e. The van der Waals surface area contributed by atoms with Crippen LogP contribution in [0.4, 0.5) is 5.82 Å². The number of carbonyl (C=O) groups is 1. The molecule has 2 aliphatic rings. The van der Waals surface area contributed by atoms with Gasteiger partial charge in [0.05, 0.1) is 23.1 Å². The summed E-state index contributed by atoms with van der Waals surface area (Å²) >= 11 is 0. The molecule has 1 N–H and O–H groups in total. The largest absolute Gasteiger partial charge is 0.369 e. The first kappa shape index (κ1) is 19.2. The summed E-state index contributed by atoms with van der Waals surface area (Å²) in [5.41, 5.74) is 6.45. The number of hydrogen-bond donors (Lipinski definition) is 1. The molecule has 0 amide bonds. The monoisotopic (exact) mass is 423 g/mol. The summed E-state index contributed by atoms with van der Waals surface area (Å²) in [6, 6.07) is 14.3. The zero-order chi connectivity index (χ0) is 21.5. The van der Waals surface area contributed by atoms with E-state index >= 15 is 0 Å². The Morgan fingerprint density at radius 1 is 0.938 bits per heavy atom. The fourth-order valence-electron chi connectivity index (χ4n) is 5.08. The molecule has 1 aliphatic heterocycles. The van der Waals surface area contributed by atoms with Crippen molar-refractivity contribution >= 4 is 17.2 Å². The second-order valence-electron chi connectivity index (χ2n) is 8.75. The molecule has 0 atom stereocenters. The van der Waals surface area contributed by atoms with Crippen molar-refractivity contribution in [2.24, 2.45) is 0 Å². The van der Waals surface area contributed by atoms with Gasteiger partial charge in [0.2, 0.25) is 0 Å². The minimum atomic E-state index is 0.180. The van der Waals surface area contributed by atoms with E-state index in [-0.39, 0.29) is 5.78 Å². The molecule has 1 aliphatic carbocycles. The van der Waals surface area contributed by atoms with Gasteiger partial charge in [-0.1, -0.05) is 55.7 Å². The third-order valence-electron chi connectivity index (χ3n) is 6.73. The Morgan fingerprint density at radius 3 is 2.56 bits per heavy atom. The van der Waals surface area contributed by atoms with Crippen molar-refractivity contribution in [3.05, 3.63) is 66.1 Å². The van der Waals surface area contributed by atoms with E-state index in [1.54, 1.807) is 4.52 Å². The summed E-state index contributed by atoms with van der Waals surface area (Å²) in [4.78, 5) is 22.7. The molecular formula is C26H25N5O. The Hall–Kier alpha value is -3.54. The average Bonchev–Trinajstić information content (AvgIpc) is 3.29. The van der Waals surface area contributed by atoms with Gasteiger partial charge in [-0.25, -0.2) is 4.98 Å². The molecule has 6 nitrogen and oxygen atoms in total. The molecule has 6 rings (SSSR count). The molecule has 32 heavy (non-hydrogen) atoms. The molecule has 4 aromatic rings. The van der Waals surface area contributed by atoms with Crippen molar-refractivity contribution in [1.29, 1.82) is 0 Å². The lowest BCUT2D eigenvalue weighted by Crippen LogP contribution is -2.25. The zero-order valence-electron chi connectivity index (χ0n) is 17.9. The number of aromatic nitrogens is 4. The van der Waals surface area contributed by atoms with Gasteiger partial charge in [0.15, 0.2) is 11.4 Å². The molecule has 3 aromatic heterocycles. The van der Waals surface area contributed by atoms with Gasteiger partial charge < -0.3 is 5.32 Å². The van der Waals surface area contributed by atoms with E-state index in [0.717, 1.165) is 57.9 Å². The zero-order valence-corrected chi connectivity index (χ0v) is 17.9. The van der Waals surface area contributed by atoms with Crippen molar-refractivity contribution in [2.75, 3.05) is 11.9 Å². The lowest BCUT2D eigenvalue weighted by molar-refractivity contribution is 0.0980. The van der Waals surface area contributed by atoms with Crippen LogP contribution in [0, 0.1) is 0 Å². The summed E-state index contributed by atoms with van der Waals surface area (Å²) in [5.74, 6) is 1.32. The standard InChI is InChI=1S/C26H25N5O/c32-22-13-14-27-26-23(22)24(18-9-5-2-6-10-18)30-25-20(16-29-31(25)26)19-11-12-21(28-15-19)17-7-3-1-4-8-17/h1,3-4,7-8,11-12,15-16,18,27H,2,5-6,9-10,13-14H2. The number of carbonyl (C=O) groups excluding carboxylic acids is 1. The van der Waals surface area contributed by atoms with E-state index in [4.69, 9.17) is 4.98 Å². The van der Waals surface area contributed by atoms with Crippen molar-refractivity contribution in [3.8, 4) is 22.4 Å². The number of hydrogen-bond acceptors (Lipinski definition) is 5. The third kappa shape index (κ3) is 3.18. The molecule has 6 heteroatoms. The molecule has 1 fully saturated rings. The second kappa shape index (κ2) is 7.86. The van der Waals surface area contributed by atoms with Crippen LogP contribution in [0.1, 0.15) is 60.5 Å². The van der Waals surface area contributed by atoms with E-state index in [1.165, 1.54) is 19.3 Å². The molecule has 1 aromatic carbocycles. The van der Waals surface area contributed by atoms with Gasteiger partial charge in [-0.3, -0.25) is 9.78 Å². The van der Waals surface area contributed by atoms with Crippen LogP contribution in [0.25, 0.3) is 28.0 Å². The smallest absolute Gasteiger partial charge is 0.170 e. The normalized spacial score (nSPS) is 16.7. The number of Topliss-reactive ketones (excluding diaryl/α,β-unsaturated/α-hetero) is 1. The number of nitrogens with zero attached hydrogens (tertiary/aromatic N) is 4. The number of anilines is 1. The van der Waals surface area contributed by atoms with Gasteiger partial charge >= 0.3 is 0 Å². The van der Waals surface area contributed by atoms with E-state index in [1.807, 2.05) is 36.7 Å². The van der Waals surface area contributed by atoms with Crippen LogP contribution >= 0.6 is 0 Å². The van der Waals surface area contributed by atoms with E-state index < -0.39 is 0 Å². The van der Waals surface area contributed by atoms with Gasteiger partial charge in [0.1, 0.15) is 5.82 Å². The Labute approximate surface area is 186 Å². The minimum absolute atomic E-state index is 0.180. The molecule has 0 spiro atoms. The van der Waals surface area contributed by atoms with Crippen LogP contribution in [0.2, 0.25) is 0 Å². The highest BCUT2D eigenvalue weighted by Gasteiger charge is 2.31. The van der Waals surface area contributed by atoms with Gasteiger partial charge in [-0.2, -0.15) is 9.61 Å². The van der Waals surface area contributed by atoms with Gasteiger partial charge in [0.25, 0.3) is 0 Å². The molecule has 4 heterocycles. The Morgan fingerprint density at radius 2 is 1.78 bits per heavy atom. The quantitative estimate of drug-likeness (QED) is 0.471. The highest BCUT2D eigenvalue weighted by atomic mass is 16.1. The number of rotatable bonds is 3. The van der Waals surface area contributed by atoms with E-state index in [9.17, 15) is 4.79 Å². The fraction of sp³-hybridized carbons (Fsp3) is 0.308. The minimum Gasteiger partial charge on any atom is -0.369 e. The Balaban J connectivity index is 1.48. The predicted octanol–water partition coefficient (Wildman–Crippen LogP) is 5.50. The predicted molar refractivity (Wildman–Crippen MR) is 125 cm³/mol. The number of benzene rings is 1. The maximum atomic E-state index is 12.9. The van der Waals surface area contributed by atoms with Crippen molar-refractivity contribution in [1.82, 2.24) is 19.6 Å². The maximum absolute atomic E-state index is 12.9. The first-order valence-corrected chi connectivity index (χ1v) is 11.5. The molecule has 1 saturated carbocycles. The third-order valence-corrected chi connectivity index (χ3v) is 6.73. The lowest BCUT2D eigenvalue weighted by atomic mass is 9.83. The Bertz CT molecular complexity index is 1290. The summed E-state index contributed by atoms with van der Waals surface area (Å²) < 4.78 is 1.80. The van der Waals surface area contributed by atoms with Crippen LogP contribution in [0.3, 0.4) is 0 Å². The molecule has 0 radical (unpaired) electrons. The summed E-state index contributed by atoms with van der Waals surface area (Å²) in [6.45, 7) is 0.636. The second-order valence-corrected chi connectivity index (χ2v) is 8.75. The van der Waals surface area contributed by atoms with Gasteiger partial charge in [-0.05, 0) is 18.9 Å². The van der Waals surface area contributed by atoms with Crippen LogP contribution in [0.5, 0.6) is 0 Å². The summed E-state index contributed by atoms with van der Waals surface area (Å²) in [7, 11) is 0. The first-order chi connectivity index (χ1) is 15.8. The van der Waals surface area contributed by atoms with Gasteiger partial charge in [-0.15, -0.1) is 0 Å².